The van der Waals surface area contributed by atoms with Crippen molar-refractivity contribution in [3.05, 3.63) is 0 Å². The molecule has 0 aromatic carbocycles. The van der Waals surface area contributed by atoms with Gasteiger partial charge in [-0.05, 0) is 45.3 Å². The van der Waals surface area contributed by atoms with Crippen LogP contribution >= 0.6 is 0 Å². The summed E-state index contributed by atoms with van der Waals surface area (Å²) in [6.45, 7) is 4.46. The van der Waals surface area contributed by atoms with Crippen molar-refractivity contribution in [3.8, 4) is 0 Å². The van der Waals surface area contributed by atoms with E-state index >= 15 is 0 Å². The zero-order valence-corrected chi connectivity index (χ0v) is 8.46. The molecule has 76 valence electrons. The lowest BCUT2D eigenvalue weighted by Crippen LogP contribution is -2.34. The first-order chi connectivity index (χ1) is 6.34. The maximum Gasteiger partial charge on any atom is 0.108 e. The molecule has 3 nitrogen and oxygen atoms in total. The van der Waals surface area contributed by atoms with E-state index in [1.54, 1.807) is 0 Å². The van der Waals surface area contributed by atoms with Gasteiger partial charge >= 0.3 is 0 Å². The molecule has 0 aromatic heterocycles. The lowest BCUT2D eigenvalue weighted by molar-refractivity contribution is 0.0670. The lowest BCUT2D eigenvalue weighted by atomic mass is 9.93. The molecule has 0 aliphatic carbocycles. The van der Waals surface area contributed by atoms with Crippen molar-refractivity contribution in [1.82, 2.24) is 10.2 Å². The Morgan fingerprint density at radius 3 is 2.77 bits per heavy atom. The van der Waals surface area contributed by atoms with Crippen LogP contribution in [0.3, 0.4) is 0 Å². The van der Waals surface area contributed by atoms with E-state index in [1.807, 2.05) is 0 Å². The van der Waals surface area contributed by atoms with E-state index in [0.717, 1.165) is 19.1 Å². The first-order valence-electron chi connectivity index (χ1n) is 5.38. The predicted molar refractivity (Wildman–Crippen MR) is 52.6 cm³/mol. The number of piperidine rings is 1. The normalized spacial score (nSPS) is 32.5. The molecule has 0 spiro atoms. The van der Waals surface area contributed by atoms with Crippen molar-refractivity contribution in [2.45, 2.75) is 25.5 Å². The minimum atomic E-state index is 0.355. The van der Waals surface area contributed by atoms with E-state index in [0.29, 0.717) is 6.23 Å². The highest BCUT2D eigenvalue weighted by Crippen LogP contribution is 2.22. The van der Waals surface area contributed by atoms with Crippen LogP contribution in [0.25, 0.3) is 0 Å². The summed E-state index contributed by atoms with van der Waals surface area (Å²) in [5.74, 6) is 0.881. The van der Waals surface area contributed by atoms with Crippen LogP contribution in [0.2, 0.25) is 0 Å². The first-order valence-corrected chi connectivity index (χ1v) is 5.38. The van der Waals surface area contributed by atoms with Gasteiger partial charge in [-0.3, -0.25) is 5.32 Å². The van der Waals surface area contributed by atoms with E-state index in [-0.39, 0.29) is 0 Å². The van der Waals surface area contributed by atoms with Crippen LogP contribution in [0.15, 0.2) is 0 Å². The smallest absolute Gasteiger partial charge is 0.108 e. The SMILES string of the molecule is CN1CCC(CC2NCCO2)CC1. The fourth-order valence-electron chi connectivity index (χ4n) is 2.23. The number of nitrogens with one attached hydrogen (secondary N) is 1. The molecule has 2 fully saturated rings. The predicted octanol–water partition coefficient (Wildman–Crippen LogP) is 0.664. The lowest BCUT2D eigenvalue weighted by Gasteiger charge is -2.30. The Kier molecular flexibility index (Phi) is 3.19. The van der Waals surface area contributed by atoms with Crippen molar-refractivity contribution in [2.24, 2.45) is 5.92 Å². The summed E-state index contributed by atoms with van der Waals surface area (Å²) < 4.78 is 5.56. The van der Waals surface area contributed by atoms with Crippen LogP contribution in [-0.2, 0) is 4.74 Å². The second-order valence-electron chi connectivity index (χ2n) is 4.30. The molecule has 0 radical (unpaired) electrons. The van der Waals surface area contributed by atoms with Gasteiger partial charge in [0.2, 0.25) is 0 Å². The number of nitrogens with zero attached hydrogens (tertiary/aromatic N) is 1. The van der Waals surface area contributed by atoms with Crippen molar-refractivity contribution in [2.75, 3.05) is 33.3 Å². The molecule has 0 amide bonds. The topological polar surface area (TPSA) is 24.5 Å². The van der Waals surface area contributed by atoms with Gasteiger partial charge in [-0.1, -0.05) is 0 Å². The van der Waals surface area contributed by atoms with Crippen LogP contribution in [0.5, 0.6) is 0 Å². The standard InChI is InChI=1S/C10H20N2O/c1-12-5-2-9(3-6-12)8-10-11-4-7-13-10/h9-11H,2-8H2,1H3. The van der Waals surface area contributed by atoms with Gasteiger partial charge in [0, 0.05) is 6.54 Å². The summed E-state index contributed by atoms with van der Waals surface area (Å²) in [6, 6.07) is 0. The molecule has 0 saturated carbocycles. The maximum absolute atomic E-state index is 5.56. The third-order valence-corrected chi connectivity index (χ3v) is 3.18. The second kappa shape index (κ2) is 4.40. The average molecular weight is 184 g/mol. The summed E-state index contributed by atoms with van der Waals surface area (Å²) in [7, 11) is 2.21. The number of hydrogen-bond acceptors (Lipinski definition) is 3. The van der Waals surface area contributed by atoms with Crippen LogP contribution in [0.4, 0.5) is 0 Å². The Morgan fingerprint density at radius 2 is 2.15 bits per heavy atom. The van der Waals surface area contributed by atoms with E-state index < -0.39 is 0 Å². The third kappa shape index (κ3) is 2.66. The van der Waals surface area contributed by atoms with Crippen molar-refractivity contribution >= 4 is 0 Å². The maximum atomic E-state index is 5.56. The Hall–Kier alpha value is -0.120. The summed E-state index contributed by atoms with van der Waals surface area (Å²) in [5, 5.41) is 3.38. The van der Waals surface area contributed by atoms with Gasteiger partial charge in [0.15, 0.2) is 0 Å². The number of ether oxygens (including phenoxy) is 1. The molecule has 3 heteroatoms. The minimum Gasteiger partial charge on any atom is -0.362 e. The van der Waals surface area contributed by atoms with Crippen LogP contribution < -0.4 is 5.32 Å². The highest BCUT2D eigenvalue weighted by molar-refractivity contribution is 4.74. The second-order valence-corrected chi connectivity index (χ2v) is 4.30. The molecule has 0 aromatic rings. The molecule has 2 aliphatic rings. The molecule has 1 atom stereocenters. The molecule has 13 heavy (non-hydrogen) atoms. The number of rotatable bonds is 2. The van der Waals surface area contributed by atoms with E-state index in [1.165, 1.54) is 32.4 Å². The van der Waals surface area contributed by atoms with Gasteiger partial charge in [-0.2, -0.15) is 0 Å². The fraction of sp³-hybridized carbons (Fsp3) is 1.00. The highest BCUT2D eigenvalue weighted by Gasteiger charge is 2.22. The molecule has 2 heterocycles. The zero-order chi connectivity index (χ0) is 9.10. The summed E-state index contributed by atoms with van der Waals surface area (Å²) in [6.07, 6.45) is 4.26. The molecule has 2 saturated heterocycles. The highest BCUT2D eigenvalue weighted by atomic mass is 16.5. The Labute approximate surface area is 80.4 Å². The van der Waals surface area contributed by atoms with E-state index in [2.05, 4.69) is 17.3 Å². The van der Waals surface area contributed by atoms with Gasteiger partial charge in [-0.25, -0.2) is 0 Å². The molecule has 1 N–H and O–H groups in total. The quantitative estimate of drug-likeness (QED) is 0.682. The monoisotopic (exact) mass is 184 g/mol. The molecular weight excluding hydrogens is 164 g/mol. The van der Waals surface area contributed by atoms with Crippen molar-refractivity contribution in [1.29, 1.82) is 0 Å². The third-order valence-electron chi connectivity index (χ3n) is 3.18. The van der Waals surface area contributed by atoms with Gasteiger partial charge < -0.3 is 9.64 Å². The van der Waals surface area contributed by atoms with Crippen molar-refractivity contribution in [3.63, 3.8) is 0 Å². The molecule has 2 aliphatic heterocycles. The van der Waals surface area contributed by atoms with Gasteiger partial charge in [0.1, 0.15) is 6.23 Å². The van der Waals surface area contributed by atoms with Crippen LogP contribution in [0, 0.1) is 5.92 Å². The van der Waals surface area contributed by atoms with Crippen molar-refractivity contribution < 1.29 is 4.74 Å². The molecular formula is C10H20N2O. The summed E-state index contributed by atoms with van der Waals surface area (Å²) >= 11 is 0. The number of likely N-dealkylation sites (tertiary alicyclic amines) is 1. The minimum absolute atomic E-state index is 0.355. The average Bonchev–Trinajstić information content (AvgIpc) is 2.62. The van der Waals surface area contributed by atoms with Gasteiger partial charge in [0.05, 0.1) is 6.61 Å². The Balaban J connectivity index is 1.69. The largest absolute Gasteiger partial charge is 0.362 e. The van der Waals surface area contributed by atoms with E-state index in [4.69, 9.17) is 4.74 Å². The summed E-state index contributed by atoms with van der Waals surface area (Å²) in [5.41, 5.74) is 0. The fourth-order valence-corrected chi connectivity index (χ4v) is 2.23. The van der Waals surface area contributed by atoms with Crippen LogP contribution in [-0.4, -0.2) is 44.4 Å². The van der Waals surface area contributed by atoms with E-state index in [9.17, 15) is 0 Å². The zero-order valence-electron chi connectivity index (χ0n) is 8.46. The Bertz CT molecular complexity index is 149. The molecule has 2 rings (SSSR count). The molecule has 1 unspecified atom stereocenters. The first kappa shape index (κ1) is 9.44. The molecule has 0 bridgehead atoms. The summed E-state index contributed by atoms with van der Waals surface area (Å²) in [4.78, 5) is 2.42. The number of hydrogen-bond donors (Lipinski definition) is 1. The Morgan fingerprint density at radius 1 is 1.38 bits per heavy atom. The van der Waals surface area contributed by atoms with Gasteiger partial charge in [0.25, 0.3) is 0 Å². The van der Waals surface area contributed by atoms with Crippen LogP contribution in [0.1, 0.15) is 19.3 Å². The van der Waals surface area contributed by atoms with Gasteiger partial charge in [-0.15, -0.1) is 0 Å².